The fraction of sp³-hybridized carbons (Fsp3) is 0.227. The van der Waals surface area contributed by atoms with Gasteiger partial charge < -0.3 is 10.6 Å². The van der Waals surface area contributed by atoms with E-state index in [0.717, 1.165) is 17.1 Å². The van der Waals surface area contributed by atoms with Gasteiger partial charge in [0.2, 0.25) is 5.95 Å². The fourth-order valence-electron chi connectivity index (χ4n) is 2.64. The van der Waals surface area contributed by atoms with Gasteiger partial charge in [-0.15, -0.1) is 0 Å². The van der Waals surface area contributed by atoms with Crippen LogP contribution in [0, 0.1) is 6.92 Å². The average Bonchev–Trinajstić information content (AvgIpc) is 2.62. The number of para-hydroxylation sites is 1. The number of carbonyl (C=O) groups is 1. The molecule has 5 nitrogen and oxygen atoms in total. The highest BCUT2D eigenvalue weighted by Gasteiger charge is 2.14. The lowest BCUT2D eigenvalue weighted by atomic mass is 9.87. The molecule has 1 aromatic heterocycles. The second kappa shape index (κ2) is 7.58. The van der Waals surface area contributed by atoms with Crippen LogP contribution < -0.4 is 10.6 Å². The standard InChI is InChI=1S/C22H24N4O/c1-15-14-19(26-21(23-15)25-17-8-6-5-7-9-17)20(27)24-18-12-10-16(11-13-18)22(2,3)4/h5-14H,1-4H3,(H,24,27)(H,23,25,26). The summed E-state index contributed by atoms with van der Waals surface area (Å²) in [6.45, 7) is 8.31. The Balaban J connectivity index is 1.76. The summed E-state index contributed by atoms with van der Waals surface area (Å²) in [6.07, 6.45) is 0. The van der Waals surface area contributed by atoms with E-state index >= 15 is 0 Å². The third-order valence-corrected chi connectivity index (χ3v) is 4.13. The monoisotopic (exact) mass is 360 g/mol. The molecule has 0 unspecified atom stereocenters. The van der Waals surface area contributed by atoms with Gasteiger partial charge in [-0.2, -0.15) is 0 Å². The van der Waals surface area contributed by atoms with E-state index in [1.165, 1.54) is 5.56 Å². The number of amides is 1. The molecule has 0 aliphatic rings. The number of anilines is 3. The molecule has 0 radical (unpaired) electrons. The number of hydrogen-bond acceptors (Lipinski definition) is 4. The van der Waals surface area contributed by atoms with Crippen molar-refractivity contribution < 1.29 is 4.79 Å². The van der Waals surface area contributed by atoms with E-state index in [4.69, 9.17) is 0 Å². The van der Waals surface area contributed by atoms with Gasteiger partial charge in [0.1, 0.15) is 5.69 Å². The lowest BCUT2D eigenvalue weighted by molar-refractivity contribution is 0.102. The van der Waals surface area contributed by atoms with Gasteiger partial charge in [-0.1, -0.05) is 51.1 Å². The molecule has 3 rings (SSSR count). The maximum Gasteiger partial charge on any atom is 0.274 e. The summed E-state index contributed by atoms with van der Waals surface area (Å²) in [5.41, 5.74) is 3.93. The fourth-order valence-corrected chi connectivity index (χ4v) is 2.64. The van der Waals surface area contributed by atoms with E-state index in [9.17, 15) is 4.79 Å². The lowest BCUT2D eigenvalue weighted by Crippen LogP contribution is -2.16. The van der Waals surface area contributed by atoms with Crippen molar-refractivity contribution in [2.45, 2.75) is 33.1 Å². The Morgan fingerprint density at radius 2 is 1.56 bits per heavy atom. The molecular formula is C22H24N4O. The zero-order valence-electron chi connectivity index (χ0n) is 16.1. The number of hydrogen-bond donors (Lipinski definition) is 2. The minimum absolute atomic E-state index is 0.0737. The zero-order chi connectivity index (χ0) is 19.4. The van der Waals surface area contributed by atoms with E-state index in [1.807, 2.05) is 61.5 Å². The first-order chi connectivity index (χ1) is 12.8. The summed E-state index contributed by atoms with van der Waals surface area (Å²) in [4.78, 5) is 21.3. The first-order valence-corrected chi connectivity index (χ1v) is 8.91. The van der Waals surface area contributed by atoms with E-state index in [1.54, 1.807) is 6.07 Å². The molecule has 0 spiro atoms. The molecule has 0 saturated carbocycles. The summed E-state index contributed by atoms with van der Waals surface area (Å²) in [5.74, 6) is 0.134. The van der Waals surface area contributed by atoms with Crippen LogP contribution in [0.15, 0.2) is 60.7 Å². The molecule has 0 saturated heterocycles. The average molecular weight is 360 g/mol. The Morgan fingerprint density at radius 1 is 0.889 bits per heavy atom. The summed E-state index contributed by atoms with van der Waals surface area (Å²) in [6, 6.07) is 19.2. The number of benzene rings is 2. The summed E-state index contributed by atoms with van der Waals surface area (Å²) < 4.78 is 0. The van der Waals surface area contributed by atoms with Gasteiger partial charge in [0.25, 0.3) is 5.91 Å². The van der Waals surface area contributed by atoms with E-state index in [-0.39, 0.29) is 11.3 Å². The molecule has 0 aliphatic heterocycles. The third kappa shape index (κ3) is 4.91. The van der Waals surface area contributed by atoms with Gasteiger partial charge in [0.05, 0.1) is 0 Å². The Hall–Kier alpha value is -3.21. The van der Waals surface area contributed by atoms with Gasteiger partial charge in [0, 0.05) is 17.1 Å². The molecule has 138 valence electrons. The first kappa shape index (κ1) is 18.6. The molecule has 27 heavy (non-hydrogen) atoms. The highest BCUT2D eigenvalue weighted by molar-refractivity contribution is 6.03. The smallest absolute Gasteiger partial charge is 0.274 e. The maximum absolute atomic E-state index is 12.6. The van der Waals surface area contributed by atoms with Crippen LogP contribution in [0.4, 0.5) is 17.3 Å². The van der Waals surface area contributed by atoms with Crippen LogP contribution in [0.3, 0.4) is 0 Å². The van der Waals surface area contributed by atoms with Crippen molar-refractivity contribution in [3.05, 3.63) is 77.6 Å². The van der Waals surface area contributed by atoms with Crippen LogP contribution in [0.1, 0.15) is 42.5 Å². The van der Waals surface area contributed by atoms with Crippen molar-refractivity contribution in [1.29, 1.82) is 0 Å². The molecule has 3 aromatic rings. The minimum atomic E-state index is -0.264. The van der Waals surface area contributed by atoms with Crippen LogP contribution in [0.25, 0.3) is 0 Å². The van der Waals surface area contributed by atoms with Crippen LogP contribution in [0.2, 0.25) is 0 Å². The maximum atomic E-state index is 12.6. The Kier molecular flexibility index (Phi) is 5.21. The molecule has 5 heteroatoms. The highest BCUT2D eigenvalue weighted by Crippen LogP contribution is 2.23. The summed E-state index contributed by atoms with van der Waals surface area (Å²) in [5, 5.41) is 6.02. The van der Waals surface area contributed by atoms with E-state index in [0.29, 0.717) is 11.6 Å². The number of carbonyl (C=O) groups excluding carboxylic acids is 1. The first-order valence-electron chi connectivity index (χ1n) is 8.91. The van der Waals surface area contributed by atoms with Crippen molar-refractivity contribution in [1.82, 2.24) is 9.97 Å². The van der Waals surface area contributed by atoms with Crippen LogP contribution in [-0.2, 0) is 5.41 Å². The van der Waals surface area contributed by atoms with Gasteiger partial charge in [-0.3, -0.25) is 4.79 Å². The third-order valence-electron chi connectivity index (χ3n) is 4.13. The van der Waals surface area contributed by atoms with Crippen LogP contribution in [0.5, 0.6) is 0 Å². The Morgan fingerprint density at radius 3 is 2.19 bits per heavy atom. The molecule has 0 fully saturated rings. The van der Waals surface area contributed by atoms with Crippen molar-refractivity contribution in [3.63, 3.8) is 0 Å². The zero-order valence-corrected chi connectivity index (χ0v) is 16.1. The molecule has 2 N–H and O–H groups in total. The van der Waals surface area contributed by atoms with Gasteiger partial charge >= 0.3 is 0 Å². The van der Waals surface area contributed by atoms with Gasteiger partial charge in [-0.05, 0) is 48.2 Å². The predicted molar refractivity (Wildman–Crippen MR) is 110 cm³/mol. The topological polar surface area (TPSA) is 66.9 Å². The van der Waals surface area contributed by atoms with Crippen molar-refractivity contribution in [2.75, 3.05) is 10.6 Å². The van der Waals surface area contributed by atoms with Crippen molar-refractivity contribution in [3.8, 4) is 0 Å². The van der Waals surface area contributed by atoms with Crippen LogP contribution in [-0.4, -0.2) is 15.9 Å². The summed E-state index contributed by atoms with van der Waals surface area (Å²) >= 11 is 0. The molecule has 0 atom stereocenters. The van der Waals surface area contributed by atoms with Gasteiger partial charge in [0.15, 0.2) is 0 Å². The van der Waals surface area contributed by atoms with Crippen molar-refractivity contribution >= 4 is 23.2 Å². The second-order valence-corrected chi connectivity index (χ2v) is 7.49. The molecule has 0 bridgehead atoms. The Bertz CT molecular complexity index is 929. The van der Waals surface area contributed by atoms with Crippen molar-refractivity contribution in [2.24, 2.45) is 0 Å². The number of nitrogens with one attached hydrogen (secondary N) is 2. The molecular weight excluding hydrogens is 336 g/mol. The SMILES string of the molecule is Cc1cc(C(=O)Nc2ccc(C(C)(C)C)cc2)nc(Nc2ccccc2)n1. The molecule has 1 heterocycles. The second-order valence-electron chi connectivity index (χ2n) is 7.49. The molecule has 2 aromatic carbocycles. The number of aromatic nitrogens is 2. The normalized spacial score (nSPS) is 11.1. The lowest BCUT2D eigenvalue weighted by Gasteiger charge is -2.19. The Labute approximate surface area is 159 Å². The quantitative estimate of drug-likeness (QED) is 0.681. The van der Waals surface area contributed by atoms with E-state index in [2.05, 4.69) is 41.4 Å². The highest BCUT2D eigenvalue weighted by atomic mass is 16.1. The number of rotatable bonds is 4. The number of aryl methyl sites for hydroxylation is 1. The van der Waals surface area contributed by atoms with Gasteiger partial charge in [-0.25, -0.2) is 9.97 Å². The largest absolute Gasteiger partial charge is 0.324 e. The van der Waals surface area contributed by atoms with Crippen LogP contribution >= 0.6 is 0 Å². The minimum Gasteiger partial charge on any atom is -0.324 e. The van der Waals surface area contributed by atoms with E-state index < -0.39 is 0 Å². The number of nitrogens with zero attached hydrogens (tertiary/aromatic N) is 2. The molecule has 0 aliphatic carbocycles. The molecule has 1 amide bonds. The summed E-state index contributed by atoms with van der Waals surface area (Å²) in [7, 11) is 0. The predicted octanol–water partition coefficient (Wildman–Crippen LogP) is 5.08.